The molecule has 0 aromatic carbocycles. The van der Waals surface area contributed by atoms with Gasteiger partial charge in [0.05, 0.1) is 0 Å². The van der Waals surface area contributed by atoms with Gasteiger partial charge in [-0.2, -0.15) is 0 Å². The molecule has 0 aromatic rings. The lowest BCUT2D eigenvalue weighted by molar-refractivity contribution is -0.141. The molecule has 4 N–H and O–H groups in total. The van der Waals surface area contributed by atoms with E-state index in [-0.39, 0.29) is 11.0 Å². The Morgan fingerprint density at radius 3 is 2.43 bits per heavy atom. The van der Waals surface area contributed by atoms with Crippen molar-refractivity contribution in [3.05, 3.63) is 0 Å². The molecule has 1 saturated heterocycles. The van der Waals surface area contributed by atoms with Crippen molar-refractivity contribution in [1.82, 2.24) is 5.32 Å². The third kappa shape index (κ3) is 2.07. The minimum absolute atomic E-state index is 0.0660. The van der Waals surface area contributed by atoms with Crippen molar-refractivity contribution in [3.63, 3.8) is 0 Å². The van der Waals surface area contributed by atoms with Crippen LogP contribution in [-0.4, -0.2) is 28.7 Å². The summed E-state index contributed by atoms with van der Waals surface area (Å²) in [6, 6.07) is -0.336. The molecular formula is C10H20N2O2. The molecule has 1 heterocycles. The van der Waals surface area contributed by atoms with E-state index < -0.39 is 12.0 Å². The van der Waals surface area contributed by atoms with Gasteiger partial charge in [0.15, 0.2) is 0 Å². The van der Waals surface area contributed by atoms with E-state index in [4.69, 9.17) is 10.8 Å². The molecule has 4 nitrogen and oxygen atoms in total. The third-order valence-corrected chi connectivity index (χ3v) is 3.35. The topological polar surface area (TPSA) is 85.3 Å². The summed E-state index contributed by atoms with van der Waals surface area (Å²) in [6.45, 7) is 8.02. The van der Waals surface area contributed by atoms with Gasteiger partial charge in [-0.25, -0.2) is 0 Å². The molecule has 4 heteroatoms. The number of nitrogens with two attached hydrogens (primary N) is 1. The van der Waals surface area contributed by atoms with Crippen molar-refractivity contribution >= 4 is 5.97 Å². The maximum Gasteiger partial charge on any atom is 0.321 e. The molecule has 0 radical (unpaired) electrons. The molecule has 3 atom stereocenters. The monoisotopic (exact) mass is 200 g/mol. The molecule has 0 bridgehead atoms. The Hall–Kier alpha value is -0.610. The van der Waals surface area contributed by atoms with E-state index in [9.17, 15) is 4.79 Å². The number of carboxylic acids is 1. The van der Waals surface area contributed by atoms with Crippen LogP contribution in [0.5, 0.6) is 0 Å². The molecule has 82 valence electrons. The van der Waals surface area contributed by atoms with Crippen molar-refractivity contribution in [1.29, 1.82) is 0 Å². The minimum Gasteiger partial charge on any atom is -0.480 e. The quantitative estimate of drug-likeness (QED) is 0.579. The molecule has 2 unspecified atom stereocenters. The largest absolute Gasteiger partial charge is 0.480 e. The molecule has 0 aliphatic carbocycles. The highest BCUT2D eigenvalue weighted by molar-refractivity contribution is 5.74. The fourth-order valence-electron chi connectivity index (χ4n) is 2.05. The highest BCUT2D eigenvalue weighted by Crippen LogP contribution is 2.39. The molecule has 0 spiro atoms. The SMILES string of the molecule is C[C@@H]1NC1(C)CC(C)(C)C(N)C(=O)O. The van der Waals surface area contributed by atoms with Gasteiger partial charge in [0.1, 0.15) is 6.04 Å². The maximum absolute atomic E-state index is 10.8. The number of carbonyl (C=O) groups is 1. The van der Waals surface area contributed by atoms with E-state index >= 15 is 0 Å². The van der Waals surface area contributed by atoms with Crippen LogP contribution in [0.3, 0.4) is 0 Å². The first-order valence-corrected chi connectivity index (χ1v) is 4.95. The van der Waals surface area contributed by atoms with Crippen LogP contribution >= 0.6 is 0 Å². The summed E-state index contributed by atoms with van der Waals surface area (Å²) < 4.78 is 0. The predicted octanol–water partition coefficient (Wildman–Crippen LogP) is 0.565. The Balaban J connectivity index is 2.62. The molecule has 0 aromatic heterocycles. The van der Waals surface area contributed by atoms with E-state index in [1.807, 2.05) is 13.8 Å². The normalized spacial score (nSPS) is 33.9. The molecule has 0 saturated carbocycles. The summed E-state index contributed by atoms with van der Waals surface area (Å²) in [5.41, 5.74) is 5.34. The van der Waals surface area contributed by atoms with Gasteiger partial charge < -0.3 is 16.2 Å². The van der Waals surface area contributed by atoms with Crippen LogP contribution < -0.4 is 11.1 Å². The molecule has 0 amide bonds. The first-order valence-electron chi connectivity index (χ1n) is 4.95. The molecule has 14 heavy (non-hydrogen) atoms. The van der Waals surface area contributed by atoms with Crippen LogP contribution in [0.15, 0.2) is 0 Å². The van der Waals surface area contributed by atoms with Crippen LogP contribution in [0.25, 0.3) is 0 Å². The van der Waals surface area contributed by atoms with Gasteiger partial charge >= 0.3 is 5.97 Å². The first kappa shape index (κ1) is 11.5. The van der Waals surface area contributed by atoms with Crippen molar-refractivity contribution < 1.29 is 9.90 Å². The van der Waals surface area contributed by atoms with Gasteiger partial charge in [-0.3, -0.25) is 4.79 Å². The molecule has 1 aliphatic rings. The fraction of sp³-hybridized carbons (Fsp3) is 0.900. The minimum atomic E-state index is -0.924. The average molecular weight is 200 g/mol. The van der Waals surface area contributed by atoms with Crippen LogP contribution in [0.1, 0.15) is 34.1 Å². The van der Waals surface area contributed by atoms with Crippen LogP contribution in [0.2, 0.25) is 0 Å². The van der Waals surface area contributed by atoms with Crippen molar-refractivity contribution in [2.75, 3.05) is 0 Å². The maximum atomic E-state index is 10.8. The number of carboxylic acid groups (broad SMARTS) is 1. The first-order chi connectivity index (χ1) is 6.19. The summed E-state index contributed by atoms with van der Waals surface area (Å²) in [5.74, 6) is -0.924. The van der Waals surface area contributed by atoms with E-state index in [0.717, 1.165) is 6.42 Å². The smallest absolute Gasteiger partial charge is 0.321 e. The number of rotatable bonds is 4. The molecular weight excluding hydrogens is 180 g/mol. The molecule has 1 rings (SSSR count). The number of hydrogen-bond acceptors (Lipinski definition) is 3. The Labute approximate surface area is 84.9 Å². The number of hydrogen-bond donors (Lipinski definition) is 3. The van der Waals surface area contributed by atoms with Crippen LogP contribution in [-0.2, 0) is 4.79 Å². The van der Waals surface area contributed by atoms with Crippen LogP contribution in [0, 0.1) is 5.41 Å². The number of aliphatic carboxylic acids is 1. The lowest BCUT2D eigenvalue weighted by Gasteiger charge is -2.31. The van der Waals surface area contributed by atoms with Gasteiger partial charge in [0.2, 0.25) is 0 Å². The Bertz CT molecular complexity index is 253. The molecule has 1 aliphatic heterocycles. The predicted molar refractivity (Wildman–Crippen MR) is 55.0 cm³/mol. The summed E-state index contributed by atoms with van der Waals surface area (Å²) in [6.07, 6.45) is 0.786. The van der Waals surface area contributed by atoms with E-state index in [1.165, 1.54) is 0 Å². The fourth-order valence-corrected chi connectivity index (χ4v) is 2.05. The summed E-state index contributed by atoms with van der Waals surface area (Å²) in [4.78, 5) is 10.8. The second kappa shape index (κ2) is 3.21. The van der Waals surface area contributed by atoms with Crippen molar-refractivity contribution in [2.45, 2.75) is 51.7 Å². The van der Waals surface area contributed by atoms with Gasteiger partial charge in [-0.15, -0.1) is 0 Å². The highest BCUT2D eigenvalue weighted by Gasteiger charge is 2.50. The van der Waals surface area contributed by atoms with Gasteiger partial charge in [-0.1, -0.05) is 13.8 Å². The lowest BCUT2D eigenvalue weighted by atomic mass is 9.76. The summed E-state index contributed by atoms with van der Waals surface area (Å²) >= 11 is 0. The number of nitrogens with one attached hydrogen (secondary N) is 1. The standard InChI is InChI=1S/C10H20N2O2/c1-6-10(4,12-6)5-9(2,3)7(11)8(13)14/h6-7,12H,5,11H2,1-4H3,(H,13,14)/t6-,7?,10?/m0/s1. The Kier molecular flexibility index (Phi) is 2.63. The van der Waals surface area contributed by atoms with E-state index in [2.05, 4.69) is 19.2 Å². The molecule has 1 fully saturated rings. The second-order valence-corrected chi connectivity index (χ2v) is 5.26. The Morgan fingerprint density at radius 2 is 2.14 bits per heavy atom. The van der Waals surface area contributed by atoms with Gasteiger partial charge in [0.25, 0.3) is 0 Å². The van der Waals surface area contributed by atoms with Crippen molar-refractivity contribution in [2.24, 2.45) is 11.1 Å². The van der Waals surface area contributed by atoms with Crippen molar-refractivity contribution in [3.8, 4) is 0 Å². The van der Waals surface area contributed by atoms with E-state index in [0.29, 0.717) is 6.04 Å². The zero-order chi connectivity index (χ0) is 11.1. The average Bonchev–Trinajstić information content (AvgIpc) is 2.55. The zero-order valence-electron chi connectivity index (χ0n) is 9.29. The Morgan fingerprint density at radius 1 is 1.71 bits per heavy atom. The highest BCUT2D eigenvalue weighted by atomic mass is 16.4. The lowest BCUT2D eigenvalue weighted by Crippen LogP contribution is -2.46. The second-order valence-electron chi connectivity index (χ2n) is 5.26. The summed E-state index contributed by atoms with van der Waals surface area (Å²) in [7, 11) is 0. The zero-order valence-corrected chi connectivity index (χ0v) is 9.29. The van der Waals surface area contributed by atoms with Gasteiger partial charge in [0, 0.05) is 11.6 Å². The van der Waals surface area contributed by atoms with Gasteiger partial charge in [-0.05, 0) is 25.7 Å². The third-order valence-electron chi connectivity index (χ3n) is 3.35. The van der Waals surface area contributed by atoms with E-state index in [1.54, 1.807) is 0 Å². The summed E-state index contributed by atoms with van der Waals surface area (Å²) in [5, 5.41) is 12.2. The van der Waals surface area contributed by atoms with Crippen LogP contribution in [0.4, 0.5) is 0 Å².